The molecule has 2 heterocycles. The van der Waals surface area contributed by atoms with E-state index in [1.165, 1.54) is 19.3 Å². The fourth-order valence-electron chi connectivity index (χ4n) is 3.72. The van der Waals surface area contributed by atoms with Gasteiger partial charge >= 0.3 is 0 Å². The fourth-order valence-corrected chi connectivity index (χ4v) is 3.91. The van der Waals surface area contributed by atoms with Crippen molar-refractivity contribution in [3.05, 3.63) is 35.2 Å². The molecule has 7 heteroatoms. The first kappa shape index (κ1) is 17.5. The number of hydrogen-bond acceptors (Lipinski definition) is 5. The number of likely N-dealkylation sites (tertiary alicyclic amines) is 1. The molecule has 26 heavy (non-hydrogen) atoms. The maximum absolute atomic E-state index is 12.2. The predicted octanol–water partition coefficient (Wildman–Crippen LogP) is 3.24. The van der Waals surface area contributed by atoms with Crippen LogP contribution in [0.3, 0.4) is 0 Å². The fraction of sp³-hybridized carbons (Fsp3) is 0.526. The third-order valence-electron chi connectivity index (χ3n) is 5.17. The molecule has 0 atom stereocenters. The van der Waals surface area contributed by atoms with Crippen molar-refractivity contribution in [1.82, 2.24) is 20.4 Å². The molecule has 4 rings (SSSR count). The van der Waals surface area contributed by atoms with Crippen LogP contribution >= 0.6 is 11.6 Å². The maximum atomic E-state index is 12.2. The molecular formula is C19H23ClN4O2. The quantitative estimate of drug-likeness (QED) is 0.869. The minimum atomic E-state index is 0.125. The SMILES string of the molecule is O=C(CN1CC(c2nc(-c3cccc(Cl)c3)no2)C1)NC1CCCCC1. The van der Waals surface area contributed by atoms with Crippen molar-refractivity contribution in [2.75, 3.05) is 19.6 Å². The van der Waals surface area contributed by atoms with E-state index in [4.69, 9.17) is 16.1 Å². The first-order valence-corrected chi connectivity index (χ1v) is 9.66. The molecule has 6 nitrogen and oxygen atoms in total. The van der Waals surface area contributed by atoms with Crippen LogP contribution in [0, 0.1) is 0 Å². The van der Waals surface area contributed by atoms with E-state index >= 15 is 0 Å². The molecule has 2 fully saturated rings. The average Bonchev–Trinajstić information content (AvgIpc) is 3.08. The van der Waals surface area contributed by atoms with Gasteiger partial charge in [0.2, 0.25) is 17.6 Å². The highest BCUT2D eigenvalue weighted by molar-refractivity contribution is 6.30. The highest BCUT2D eigenvalue weighted by Crippen LogP contribution is 2.28. The molecule has 1 aromatic heterocycles. The van der Waals surface area contributed by atoms with Crippen LogP contribution in [0.25, 0.3) is 11.4 Å². The zero-order valence-electron chi connectivity index (χ0n) is 14.7. The minimum Gasteiger partial charge on any atom is -0.352 e. The molecule has 1 N–H and O–H groups in total. The molecule has 1 aromatic carbocycles. The van der Waals surface area contributed by atoms with Crippen LogP contribution in [-0.4, -0.2) is 46.6 Å². The van der Waals surface area contributed by atoms with E-state index in [-0.39, 0.29) is 11.8 Å². The monoisotopic (exact) mass is 374 g/mol. The summed E-state index contributed by atoms with van der Waals surface area (Å²) in [6.07, 6.45) is 5.97. The van der Waals surface area contributed by atoms with Crippen molar-refractivity contribution in [2.24, 2.45) is 0 Å². The minimum absolute atomic E-state index is 0.125. The Balaban J connectivity index is 1.26. The summed E-state index contributed by atoms with van der Waals surface area (Å²) in [4.78, 5) is 18.8. The Hall–Kier alpha value is -1.92. The summed E-state index contributed by atoms with van der Waals surface area (Å²) in [6, 6.07) is 7.77. The molecule has 0 spiro atoms. The van der Waals surface area contributed by atoms with Gasteiger partial charge in [-0.25, -0.2) is 0 Å². The standard InChI is InChI=1S/C19H23ClN4O2/c20-15-6-4-5-13(9-15)18-22-19(26-23-18)14-10-24(11-14)12-17(25)21-16-7-2-1-3-8-16/h4-6,9,14,16H,1-3,7-8,10-12H2,(H,21,25). The van der Waals surface area contributed by atoms with Crippen LogP contribution in [0.5, 0.6) is 0 Å². The van der Waals surface area contributed by atoms with Crippen molar-refractivity contribution in [2.45, 2.75) is 44.1 Å². The Bertz CT molecular complexity index is 766. The van der Waals surface area contributed by atoms with Gasteiger partial charge in [0, 0.05) is 29.7 Å². The van der Waals surface area contributed by atoms with Gasteiger partial charge in [0.15, 0.2) is 0 Å². The van der Waals surface area contributed by atoms with E-state index in [0.29, 0.717) is 29.3 Å². The number of aromatic nitrogens is 2. The lowest BCUT2D eigenvalue weighted by atomic mass is 9.95. The Morgan fingerprint density at radius 2 is 2.08 bits per heavy atom. The second-order valence-corrected chi connectivity index (χ2v) is 7.70. The highest BCUT2D eigenvalue weighted by Gasteiger charge is 2.34. The van der Waals surface area contributed by atoms with E-state index in [1.54, 1.807) is 0 Å². The summed E-state index contributed by atoms with van der Waals surface area (Å²) < 4.78 is 5.41. The third kappa shape index (κ3) is 4.07. The Morgan fingerprint density at radius 3 is 2.85 bits per heavy atom. The number of benzene rings is 1. The van der Waals surface area contributed by atoms with Crippen LogP contribution in [0.4, 0.5) is 0 Å². The lowest BCUT2D eigenvalue weighted by molar-refractivity contribution is -0.124. The van der Waals surface area contributed by atoms with E-state index < -0.39 is 0 Å². The second kappa shape index (κ2) is 7.76. The van der Waals surface area contributed by atoms with Gasteiger partial charge in [0.05, 0.1) is 12.5 Å². The Kier molecular flexibility index (Phi) is 5.22. The number of nitrogens with one attached hydrogen (secondary N) is 1. The summed E-state index contributed by atoms with van der Waals surface area (Å²) in [6.45, 7) is 1.99. The first-order valence-electron chi connectivity index (χ1n) is 9.28. The molecule has 1 amide bonds. The Labute approximate surface area is 157 Å². The van der Waals surface area contributed by atoms with Gasteiger partial charge in [-0.15, -0.1) is 0 Å². The first-order chi connectivity index (χ1) is 12.7. The number of carbonyl (C=O) groups excluding carboxylic acids is 1. The second-order valence-electron chi connectivity index (χ2n) is 7.26. The van der Waals surface area contributed by atoms with Gasteiger partial charge in [0.25, 0.3) is 0 Å². The molecule has 1 saturated heterocycles. The maximum Gasteiger partial charge on any atom is 0.234 e. The molecule has 2 aromatic rings. The molecule has 138 valence electrons. The van der Waals surface area contributed by atoms with Gasteiger partial charge < -0.3 is 9.84 Å². The summed E-state index contributed by atoms with van der Waals surface area (Å²) in [7, 11) is 0. The zero-order valence-corrected chi connectivity index (χ0v) is 15.4. The highest BCUT2D eigenvalue weighted by atomic mass is 35.5. The molecule has 0 bridgehead atoms. The van der Waals surface area contributed by atoms with Crippen LogP contribution in [-0.2, 0) is 4.79 Å². The van der Waals surface area contributed by atoms with Crippen LogP contribution in [0.1, 0.15) is 43.9 Å². The number of amides is 1. The van der Waals surface area contributed by atoms with Crippen molar-refractivity contribution in [3.63, 3.8) is 0 Å². The normalized spacial score (nSPS) is 19.3. The van der Waals surface area contributed by atoms with Gasteiger partial charge in [-0.2, -0.15) is 4.98 Å². The van der Waals surface area contributed by atoms with Crippen molar-refractivity contribution in [1.29, 1.82) is 0 Å². The molecule has 2 aliphatic rings. The molecule has 1 aliphatic heterocycles. The summed E-state index contributed by atoms with van der Waals surface area (Å²) >= 11 is 6.01. The van der Waals surface area contributed by atoms with Gasteiger partial charge in [-0.3, -0.25) is 9.69 Å². The van der Waals surface area contributed by atoms with Crippen LogP contribution in [0.15, 0.2) is 28.8 Å². The van der Waals surface area contributed by atoms with Crippen molar-refractivity contribution < 1.29 is 9.32 Å². The van der Waals surface area contributed by atoms with Crippen LogP contribution < -0.4 is 5.32 Å². The molecule has 1 saturated carbocycles. The number of rotatable bonds is 5. The molecule has 0 radical (unpaired) electrons. The smallest absolute Gasteiger partial charge is 0.234 e. The summed E-state index contributed by atoms with van der Waals surface area (Å²) in [5.41, 5.74) is 0.843. The van der Waals surface area contributed by atoms with Crippen molar-refractivity contribution >= 4 is 17.5 Å². The van der Waals surface area contributed by atoms with Crippen molar-refractivity contribution in [3.8, 4) is 11.4 Å². The summed E-state index contributed by atoms with van der Waals surface area (Å²) in [5.74, 6) is 1.50. The van der Waals surface area contributed by atoms with Gasteiger partial charge in [-0.1, -0.05) is 48.2 Å². The lowest BCUT2D eigenvalue weighted by Gasteiger charge is -2.36. The Morgan fingerprint density at radius 1 is 1.27 bits per heavy atom. The predicted molar refractivity (Wildman–Crippen MR) is 98.9 cm³/mol. The van der Waals surface area contributed by atoms with Gasteiger partial charge in [0.1, 0.15) is 0 Å². The third-order valence-corrected chi connectivity index (χ3v) is 5.40. The van der Waals surface area contributed by atoms with E-state index in [0.717, 1.165) is 31.5 Å². The zero-order chi connectivity index (χ0) is 17.9. The average molecular weight is 375 g/mol. The van der Waals surface area contributed by atoms with Gasteiger partial charge in [-0.05, 0) is 25.0 Å². The molecule has 1 aliphatic carbocycles. The number of carbonyl (C=O) groups is 1. The van der Waals surface area contributed by atoms with Crippen LogP contribution in [0.2, 0.25) is 5.02 Å². The number of halogens is 1. The van der Waals surface area contributed by atoms with E-state index in [2.05, 4.69) is 20.4 Å². The lowest BCUT2D eigenvalue weighted by Crippen LogP contribution is -2.51. The van der Waals surface area contributed by atoms with E-state index in [9.17, 15) is 4.79 Å². The van der Waals surface area contributed by atoms with E-state index in [1.807, 2.05) is 24.3 Å². The molecular weight excluding hydrogens is 352 g/mol. The number of hydrogen-bond donors (Lipinski definition) is 1. The molecule has 0 unspecified atom stereocenters. The number of nitrogens with zero attached hydrogens (tertiary/aromatic N) is 3. The topological polar surface area (TPSA) is 71.3 Å². The summed E-state index contributed by atoms with van der Waals surface area (Å²) in [5, 5.41) is 7.86. The largest absolute Gasteiger partial charge is 0.352 e.